The lowest BCUT2D eigenvalue weighted by molar-refractivity contribution is 0.458. The fraction of sp³-hybridized carbons (Fsp3) is 0.163. The van der Waals surface area contributed by atoms with Gasteiger partial charge in [0.05, 0.1) is 5.41 Å². The summed E-state index contributed by atoms with van der Waals surface area (Å²) in [7, 11) is 0. The topological polar surface area (TPSA) is 0 Å². The summed E-state index contributed by atoms with van der Waals surface area (Å²) in [4.78, 5) is 0. The molecule has 2 unspecified atom stereocenters. The van der Waals surface area contributed by atoms with E-state index < -0.39 is 0 Å². The molecule has 4 aliphatic rings. The van der Waals surface area contributed by atoms with Gasteiger partial charge in [-0.3, -0.25) is 0 Å². The highest BCUT2D eigenvalue weighted by Gasteiger charge is 2.54. The van der Waals surface area contributed by atoms with Crippen LogP contribution >= 0.6 is 0 Å². The Kier molecular flexibility index (Phi) is 5.60. The van der Waals surface area contributed by atoms with Crippen LogP contribution in [0.1, 0.15) is 63.3 Å². The molecular weight excluding hydrogens is 516 g/mol. The number of hydrogen-bond acceptors (Lipinski definition) is 0. The van der Waals surface area contributed by atoms with E-state index in [0.717, 1.165) is 25.7 Å². The molecule has 43 heavy (non-hydrogen) atoms. The third-order valence-corrected chi connectivity index (χ3v) is 10.5. The van der Waals surface area contributed by atoms with E-state index in [9.17, 15) is 0 Å². The lowest BCUT2D eigenvalue weighted by Gasteiger charge is -2.39. The minimum absolute atomic E-state index is 0.291. The lowest BCUT2D eigenvalue weighted by atomic mass is 9.62. The summed E-state index contributed by atoms with van der Waals surface area (Å²) < 4.78 is 0. The fourth-order valence-corrected chi connectivity index (χ4v) is 8.75. The highest BCUT2D eigenvalue weighted by molar-refractivity contribution is 5.99. The zero-order valence-corrected chi connectivity index (χ0v) is 24.3. The molecule has 4 aliphatic carbocycles. The van der Waals surface area contributed by atoms with Crippen LogP contribution in [0.4, 0.5) is 0 Å². The average Bonchev–Trinajstić information content (AvgIpc) is 3.41. The molecule has 0 heteroatoms. The van der Waals surface area contributed by atoms with Gasteiger partial charge in [0, 0.05) is 11.8 Å². The summed E-state index contributed by atoms with van der Waals surface area (Å²) in [5, 5.41) is 2.83. The van der Waals surface area contributed by atoms with E-state index in [0.29, 0.717) is 11.8 Å². The maximum atomic E-state index is 2.51. The van der Waals surface area contributed by atoms with E-state index in [1.807, 2.05) is 0 Å². The van der Waals surface area contributed by atoms with E-state index in [1.165, 1.54) is 66.4 Å². The Morgan fingerprint density at radius 3 is 2.12 bits per heavy atom. The number of allylic oxidation sites excluding steroid dienone is 6. The zero-order valence-electron chi connectivity index (χ0n) is 24.3. The van der Waals surface area contributed by atoms with Crippen molar-refractivity contribution >= 4 is 22.9 Å². The normalized spacial score (nSPS) is 20.5. The predicted octanol–water partition coefficient (Wildman–Crippen LogP) is 10.6. The largest absolute Gasteiger partial charge is 0.0836 e. The summed E-state index contributed by atoms with van der Waals surface area (Å²) in [5.41, 5.74) is 13.9. The number of aryl methyl sites for hydroxylation is 2. The van der Waals surface area contributed by atoms with Gasteiger partial charge >= 0.3 is 0 Å². The van der Waals surface area contributed by atoms with Crippen molar-refractivity contribution in [1.29, 1.82) is 0 Å². The Bertz CT molecular complexity index is 1980. The summed E-state index contributed by atoms with van der Waals surface area (Å²) in [6, 6.07) is 37.1. The Morgan fingerprint density at radius 2 is 1.30 bits per heavy atom. The second kappa shape index (κ2) is 9.68. The highest BCUT2D eigenvalue weighted by atomic mass is 14.6. The van der Waals surface area contributed by atoms with Crippen molar-refractivity contribution < 1.29 is 0 Å². The van der Waals surface area contributed by atoms with Crippen molar-refractivity contribution in [1.82, 2.24) is 0 Å². The van der Waals surface area contributed by atoms with Gasteiger partial charge in [-0.1, -0.05) is 134 Å². The second-order valence-corrected chi connectivity index (χ2v) is 12.6. The molecule has 206 valence electrons. The first-order valence-corrected chi connectivity index (χ1v) is 15.9. The van der Waals surface area contributed by atoms with Crippen molar-refractivity contribution in [3.63, 3.8) is 0 Å². The van der Waals surface area contributed by atoms with Crippen LogP contribution in [0.25, 0.3) is 34.1 Å². The van der Waals surface area contributed by atoms with Crippen molar-refractivity contribution in [3.05, 3.63) is 178 Å². The van der Waals surface area contributed by atoms with Gasteiger partial charge in [0.25, 0.3) is 0 Å². The molecule has 0 spiro atoms. The van der Waals surface area contributed by atoms with E-state index in [2.05, 4.69) is 146 Å². The van der Waals surface area contributed by atoms with Crippen molar-refractivity contribution in [2.24, 2.45) is 5.92 Å². The van der Waals surface area contributed by atoms with Crippen LogP contribution in [0.15, 0.2) is 134 Å². The Morgan fingerprint density at radius 1 is 0.605 bits per heavy atom. The van der Waals surface area contributed by atoms with Crippen LogP contribution in [0.3, 0.4) is 0 Å². The Hall–Kier alpha value is -4.68. The van der Waals surface area contributed by atoms with Crippen molar-refractivity contribution in [3.8, 4) is 11.1 Å². The summed E-state index contributed by atoms with van der Waals surface area (Å²) >= 11 is 0. The molecule has 0 aromatic heterocycles. The monoisotopic (exact) mass is 550 g/mol. The smallest absolute Gasteiger partial charge is 0.0531 e. The summed E-state index contributed by atoms with van der Waals surface area (Å²) in [6.07, 6.45) is 23.5. The SMILES string of the molecule is C1=CC2c3c4c(c5cc(-c6ccc7c(c6)C=CCC7)ccc5c3C(c3ccccc3)(c3ccccc3)C2C=C1)CCC=C4. The number of hydrogen-bond donors (Lipinski definition) is 0. The highest BCUT2D eigenvalue weighted by Crippen LogP contribution is 2.63. The molecule has 0 N–H and O–H groups in total. The molecule has 0 amide bonds. The molecule has 0 bridgehead atoms. The lowest BCUT2D eigenvalue weighted by Crippen LogP contribution is -2.35. The van der Waals surface area contributed by atoms with Crippen LogP contribution in [0.5, 0.6) is 0 Å². The van der Waals surface area contributed by atoms with Gasteiger partial charge in [-0.05, 0) is 104 Å². The maximum absolute atomic E-state index is 2.51. The van der Waals surface area contributed by atoms with Crippen LogP contribution in [-0.2, 0) is 18.3 Å². The van der Waals surface area contributed by atoms with Gasteiger partial charge in [0.15, 0.2) is 0 Å². The maximum Gasteiger partial charge on any atom is 0.0531 e. The molecule has 2 atom stereocenters. The molecule has 0 aliphatic heterocycles. The standard InChI is InChI=1S/C43H34/c1-3-15-33(16-4-1)43(34-17-5-2-6-18-34)40-22-12-11-21-38(40)41-36-20-10-9-19-35(36)39-28-32(25-26-37(39)42(41)43)31-24-23-29-13-7-8-14-30(29)27-31/h1-6,8,10-12,14-18,20-28,38,40H,7,9,13,19H2. The molecule has 0 saturated heterocycles. The van der Waals surface area contributed by atoms with Gasteiger partial charge in [-0.2, -0.15) is 0 Å². The minimum Gasteiger partial charge on any atom is -0.0836 e. The second-order valence-electron chi connectivity index (χ2n) is 12.6. The van der Waals surface area contributed by atoms with E-state index in [4.69, 9.17) is 0 Å². The molecule has 0 radical (unpaired) electrons. The molecule has 9 rings (SSSR count). The molecule has 0 nitrogen and oxygen atoms in total. The quantitative estimate of drug-likeness (QED) is 0.210. The third-order valence-electron chi connectivity index (χ3n) is 10.5. The number of fused-ring (bicyclic) bond motifs is 9. The number of rotatable bonds is 3. The summed E-state index contributed by atoms with van der Waals surface area (Å²) in [6.45, 7) is 0. The predicted molar refractivity (Wildman–Crippen MR) is 181 cm³/mol. The van der Waals surface area contributed by atoms with Gasteiger partial charge in [0.1, 0.15) is 0 Å². The van der Waals surface area contributed by atoms with Gasteiger partial charge in [-0.15, -0.1) is 0 Å². The zero-order chi connectivity index (χ0) is 28.4. The van der Waals surface area contributed by atoms with Gasteiger partial charge < -0.3 is 0 Å². The molecule has 5 aromatic carbocycles. The van der Waals surface area contributed by atoms with E-state index >= 15 is 0 Å². The Balaban J connectivity index is 1.40. The molecule has 5 aromatic rings. The first kappa shape index (κ1) is 24.9. The third kappa shape index (κ3) is 3.56. The van der Waals surface area contributed by atoms with Gasteiger partial charge in [-0.25, -0.2) is 0 Å². The molecule has 0 saturated carbocycles. The van der Waals surface area contributed by atoms with Crippen molar-refractivity contribution in [2.75, 3.05) is 0 Å². The van der Waals surface area contributed by atoms with E-state index in [1.54, 1.807) is 0 Å². The van der Waals surface area contributed by atoms with Gasteiger partial charge in [0.2, 0.25) is 0 Å². The molecule has 0 heterocycles. The average molecular weight is 551 g/mol. The first-order chi connectivity index (χ1) is 21.3. The minimum atomic E-state index is -0.291. The molecule has 0 fully saturated rings. The fourth-order valence-electron chi connectivity index (χ4n) is 8.75. The van der Waals surface area contributed by atoms with Crippen LogP contribution in [-0.4, -0.2) is 0 Å². The molecular formula is C43H34. The number of benzene rings is 5. The summed E-state index contributed by atoms with van der Waals surface area (Å²) in [5.74, 6) is 0.628. The van der Waals surface area contributed by atoms with Crippen LogP contribution in [0.2, 0.25) is 0 Å². The first-order valence-electron chi connectivity index (χ1n) is 15.9. The van der Waals surface area contributed by atoms with Crippen molar-refractivity contribution in [2.45, 2.75) is 37.0 Å². The van der Waals surface area contributed by atoms with Crippen LogP contribution < -0.4 is 0 Å². The van der Waals surface area contributed by atoms with E-state index in [-0.39, 0.29) is 5.41 Å². The van der Waals surface area contributed by atoms with Crippen LogP contribution in [0, 0.1) is 5.92 Å². The Labute approximate surface area is 254 Å².